The first-order chi connectivity index (χ1) is 24.4. The molecule has 1 N–H and O–H groups in total. The van der Waals surface area contributed by atoms with Gasteiger partial charge in [0.15, 0.2) is 6.29 Å². The van der Waals surface area contributed by atoms with Crippen molar-refractivity contribution >= 4 is 11.8 Å². The van der Waals surface area contributed by atoms with Crippen LogP contribution in [0.3, 0.4) is 0 Å². The van der Waals surface area contributed by atoms with Crippen molar-refractivity contribution in [2.75, 3.05) is 20.1 Å². The summed E-state index contributed by atoms with van der Waals surface area (Å²) in [5.74, 6) is -0.472. The molecule has 8 nitrogen and oxygen atoms in total. The molecular formula is C42H41N3O5. The van der Waals surface area contributed by atoms with Crippen LogP contribution in [-0.2, 0) is 29.0 Å². The number of amides is 2. The largest absolute Gasteiger partial charge is 0.392 e. The number of aromatic nitrogens is 1. The summed E-state index contributed by atoms with van der Waals surface area (Å²) in [5.41, 5.74) is 7.55. The number of carbonyl (C=O) groups excluding carboxylic acids is 2. The molecule has 0 spiro atoms. The number of likely N-dealkylation sites (N-methyl/N-ethyl adjacent to an activating group) is 1. The maximum Gasteiger partial charge on any atom is 0.261 e. The predicted octanol–water partition coefficient (Wildman–Crippen LogP) is 7.00. The van der Waals surface area contributed by atoms with Crippen LogP contribution in [0.1, 0.15) is 68.0 Å². The second kappa shape index (κ2) is 14.9. The Morgan fingerprint density at radius 1 is 0.760 bits per heavy atom. The number of nitrogens with zero attached hydrogens (tertiary/aromatic N) is 3. The molecule has 2 aliphatic rings. The van der Waals surface area contributed by atoms with Crippen LogP contribution in [0.4, 0.5) is 0 Å². The van der Waals surface area contributed by atoms with Crippen LogP contribution in [0.25, 0.3) is 11.1 Å². The molecule has 1 aromatic heterocycles. The zero-order valence-electron chi connectivity index (χ0n) is 28.3. The topological polar surface area (TPSA) is 92.2 Å². The van der Waals surface area contributed by atoms with Gasteiger partial charge in [0.2, 0.25) is 0 Å². The van der Waals surface area contributed by atoms with Gasteiger partial charge in [0.25, 0.3) is 11.8 Å². The average molecular weight is 668 g/mol. The van der Waals surface area contributed by atoms with E-state index in [0.29, 0.717) is 11.1 Å². The molecule has 0 bridgehead atoms. The third-order valence-electron chi connectivity index (χ3n) is 9.81. The molecule has 5 aromatic rings. The van der Waals surface area contributed by atoms with E-state index in [1.165, 1.54) is 4.90 Å². The van der Waals surface area contributed by atoms with E-state index < -0.39 is 6.29 Å². The molecule has 7 rings (SSSR count). The first-order valence-electron chi connectivity index (χ1n) is 17.1. The molecular weight excluding hydrogens is 626 g/mol. The third-order valence-corrected chi connectivity index (χ3v) is 9.81. The second-order valence-corrected chi connectivity index (χ2v) is 13.2. The highest BCUT2D eigenvalue weighted by molar-refractivity contribution is 6.21. The summed E-state index contributed by atoms with van der Waals surface area (Å²) in [6.45, 7) is 3.92. The van der Waals surface area contributed by atoms with Crippen molar-refractivity contribution in [3.05, 3.63) is 161 Å². The minimum absolute atomic E-state index is 0.00937. The lowest BCUT2D eigenvalue weighted by Gasteiger charge is -2.42. The Bertz CT molecular complexity index is 1910. The lowest BCUT2D eigenvalue weighted by Crippen LogP contribution is -2.43. The van der Waals surface area contributed by atoms with Crippen LogP contribution in [0.15, 0.2) is 121 Å². The van der Waals surface area contributed by atoms with Gasteiger partial charge in [-0.1, -0.05) is 97.9 Å². The molecule has 254 valence electrons. The average Bonchev–Trinajstić information content (AvgIpc) is 3.40. The van der Waals surface area contributed by atoms with E-state index in [0.717, 1.165) is 58.6 Å². The number of hydrogen-bond acceptors (Lipinski definition) is 7. The first kappa shape index (κ1) is 33.5. The Hall–Kier alpha value is -4.99. The van der Waals surface area contributed by atoms with Gasteiger partial charge in [0.05, 0.1) is 36.5 Å². The number of imide groups is 1. The third kappa shape index (κ3) is 7.02. The van der Waals surface area contributed by atoms with E-state index in [9.17, 15) is 14.7 Å². The SMILES string of the molecule is CC1C(CN(C)CCc2ccccn2)OC(c2ccc(-c3ccccc3CN3C(=O)c4ccccc4C3=O)cc2)OC1c1ccc(CO)cc1. The summed E-state index contributed by atoms with van der Waals surface area (Å²) in [6, 6.07) is 36.9. The lowest BCUT2D eigenvalue weighted by molar-refractivity contribution is -0.275. The van der Waals surface area contributed by atoms with Gasteiger partial charge in [-0.05, 0) is 59.1 Å². The zero-order chi connectivity index (χ0) is 34.6. The summed E-state index contributed by atoms with van der Waals surface area (Å²) in [7, 11) is 2.11. The lowest BCUT2D eigenvalue weighted by atomic mass is 9.90. The van der Waals surface area contributed by atoms with E-state index in [4.69, 9.17) is 9.47 Å². The van der Waals surface area contributed by atoms with Crippen molar-refractivity contribution < 1.29 is 24.2 Å². The van der Waals surface area contributed by atoms with Gasteiger partial charge < -0.3 is 19.5 Å². The van der Waals surface area contributed by atoms with Gasteiger partial charge in [0.1, 0.15) is 0 Å². The Labute approximate surface area is 292 Å². The van der Waals surface area contributed by atoms with Crippen LogP contribution >= 0.6 is 0 Å². The van der Waals surface area contributed by atoms with Crippen molar-refractivity contribution in [2.45, 2.75) is 45.0 Å². The number of aliphatic hydroxyl groups excluding tert-OH is 1. The maximum absolute atomic E-state index is 13.1. The van der Waals surface area contributed by atoms with E-state index in [1.807, 2.05) is 91.1 Å². The molecule has 0 radical (unpaired) electrons. The quantitative estimate of drug-likeness (QED) is 0.152. The highest BCUT2D eigenvalue weighted by Gasteiger charge is 2.39. The van der Waals surface area contributed by atoms with E-state index in [1.54, 1.807) is 24.3 Å². The van der Waals surface area contributed by atoms with Gasteiger partial charge in [0, 0.05) is 42.9 Å². The number of benzene rings is 4. The molecule has 1 saturated heterocycles. The van der Waals surface area contributed by atoms with Crippen molar-refractivity contribution in [3.8, 4) is 11.1 Å². The van der Waals surface area contributed by atoms with Gasteiger partial charge >= 0.3 is 0 Å². The van der Waals surface area contributed by atoms with Gasteiger partial charge in [-0.15, -0.1) is 0 Å². The summed E-state index contributed by atoms with van der Waals surface area (Å²) in [6.07, 6.45) is 1.76. The highest BCUT2D eigenvalue weighted by atomic mass is 16.7. The molecule has 4 aromatic carbocycles. The first-order valence-corrected chi connectivity index (χ1v) is 17.1. The number of carbonyl (C=O) groups is 2. The number of pyridine rings is 1. The van der Waals surface area contributed by atoms with Crippen LogP contribution in [0.5, 0.6) is 0 Å². The van der Waals surface area contributed by atoms with Crippen molar-refractivity contribution in [1.29, 1.82) is 0 Å². The van der Waals surface area contributed by atoms with Gasteiger partial charge in [-0.2, -0.15) is 0 Å². The fraction of sp³-hybridized carbons (Fsp3) is 0.262. The predicted molar refractivity (Wildman–Crippen MR) is 191 cm³/mol. The molecule has 0 aliphatic carbocycles. The summed E-state index contributed by atoms with van der Waals surface area (Å²) < 4.78 is 13.4. The van der Waals surface area contributed by atoms with Crippen LogP contribution in [0, 0.1) is 5.92 Å². The standard InChI is InChI=1S/C42H41N3O5/c1-28-38(26-44(2)24-22-34-10-7-8-23-43-34)49-42(50-39(28)31-16-14-29(27-46)15-17-31)32-20-18-30(19-21-32)35-11-4-3-9-33(35)25-45-40(47)36-12-5-6-13-37(36)41(45)48/h3-21,23,28,38-39,42,46H,22,24-27H2,1-2H3. The van der Waals surface area contributed by atoms with Gasteiger partial charge in [-0.25, -0.2) is 0 Å². The van der Waals surface area contributed by atoms with Crippen molar-refractivity contribution in [1.82, 2.24) is 14.8 Å². The fourth-order valence-electron chi connectivity index (χ4n) is 6.89. The van der Waals surface area contributed by atoms with Gasteiger partial charge in [-0.3, -0.25) is 19.5 Å². The monoisotopic (exact) mass is 667 g/mol. The Kier molecular flexibility index (Phi) is 9.96. The highest BCUT2D eigenvalue weighted by Crippen LogP contribution is 2.42. The van der Waals surface area contributed by atoms with Crippen molar-refractivity contribution in [3.63, 3.8) is 0 Å². The zero-order valence-corrected chi connectivity index (χ0v) is 28.3. The van der Waals surface area contributed by atoms with E-state index >= 15 is 0 Å². The summed E-state index contributed by atoms with van der Waals surface area (Å²) in [5, 5.41) is 9.62. The van der Waals surface area contributed by atoms with Crippen LogP contribution in [-0.4, -0.2) is 57.9 Å². The molecule has 4 atom stereocenters. The second-order valence-electron chi connectivity index (χ2n) is 13.2. The molecule has 4 unspecified atom stereocenters. The molecule has 2 amide bonds. The minimum atomic E-state index is -0.592. The van der Waals surface area contributed by atoms with Crippen LogP contribution < -0.4 is 0 Å². The summed E-state index contributed by atoms with van der Waals surface area (Å²) in [4.78, 5) is 34.3. The van der Waals surface area contributed by atoms with E-state index in [-0.39, 0.29) is 43.1 Å². The molecule has 2 aliphatic heterocycles. The Morgan fingerprint density at radius 3 is 2.06 bits per heavy atom. The minimum Gasteiger partial charge on any atom is -0.392 e. The Balaban J connectivity index is 1.11. The molecule has 8 heteroatoms. The number of aliphatic hydroxyl groups is 1. The van der Waals surface area contributed by atoms with Crippen molar-refractivity contribution in [2.24, 2.45) is 5.92 Å². The molecule has 0 saturated carbocycles. The normalized spacial score (nSPS) is 20.4. The van der Waals surface area contributed by atoms with E-state index in [2.05, 4.69) is 29.9 Å². The Morgan fingerprint density at radius 2 is 1.40 bits per heavy atom. The summed E-state index contributed by atoms with van der Waals surface area (Å²) >= 11 is 0. The number of rotatable bonds is 11. The number of ether oxygens (including phenoxy) is 2. The van der Waals surface area contributed by atoms with Crippen LogP contribution in [0.2, 0.25) is 0 Å². The number of fused-ring (bicyclic) bond motifs is 1. The molecule has 1 fully saturated rings. The number of hydrogen-bond donors (Lipinski definition) is 1. The fourth-order valence-corrected chi connectivity index (χ4v) is 6.89. The molecule has 50 heavy (non-hydrogen) atoms. The maximum atomic E-state index is 13.1. The smallest absolute Gasteiger partial charge is 0.261 e. The molecule has 3 heterocycles.